The maximum Gasteiger partial charge on any atom is 0.325 e. The smallest absolute Gasteiger partial charge is 0.322 e. The van der Waals surface area contributed by atoms with Gasteiger partial charge >= 0.3 is 6.03 Å². The van der Waals surface area contributed by atoms with E-state index in [1.807, 2.05) is 24.3 Å². The molecule has 2 aromatic rings. The SMILES string of the molecule is O=C(CN1C(=O)N[C@@]2(CCc3ccccc32)C1=O)Nc1c(Cl)cccc1Cl. The molecule has 0 bridgehead atoms. The molecule has 2 aromatic carbocycles. The van der Waals surface area contributed by atoms with Crippen LogP contribution in [0.2, 0.25) is 10.0 Å². The quantitative estimate of drug-likeness (QED) is 0.771. The molecule has 1 fully saturated rings. The summed E-state index contributed by atoms with van der Waals surface area (Å²) in [4.78, 5) is 38.8. The third-order valence-corrected chi connectivity index (χ3v) is 5.58. The Bertz CT molecular complexity index is 958. The molecule has 0 unspecified atom stereocenters. The second-order valence-corrected chi connectivity index (χ2v) is 7.34. The van der Waals surface area contributed by atoms with Crippen LogP contribution in [0, 0.1) is 0 Å². The first-order chi connectivity index (χ1) is 12.9. The minimum absolute atomic E-state index is 0.249. The fraction of sp³-hybridized carbons (Fsp3) is 0.211. The van der Waals surface area contributed by atoms with Crippen molar-refractivity contribution in [3.8, 4) is 0 Å². The molecule has 0 saturated carbocycles. The molecule has 138 valence electrons. The lowest BCUT2D eigenvalue weighted by Gasteiger charge is -2.22. The highest BCUT2D eigenvalue weighted by atomic mass is 35.5. The predicted octanol–water partition coefficient (Wildman–Crippen LogP) is 3.33. The number of hydrogen-bond acceptors (Lipinski definition) is 3. The average Bonchev–Trinajstić information content (AvgIpc) is 3.12. The van der Waals surface area contributed by atoms with E-state index in [2.05, 4.69) is 10.6 Å². The Morgan fingerprint density at radius 2 is 1.81 bits per heavy atom. The van der Waals surface area contributed by atoms with E-state index >= 15 is 0 Å². The van der Waals surface area contributed by atoms with E-state index in [1.165, 1.54) is 0 Å². The number of fused-ring (bicyclic) bond motifs is 2. The molecule has 2 aliphatic rings. The van der Waals surface area contributed by atoms with E-state index in [1.54, 1.807) is 18.2 Å². The van der Waals surface area contributed by atoms with Gasteiger partial charge in [-0.25, -0.2) is 4.79 Å². The Balaban J connectivity index is 1.55. The Morgan fingerprint density at radius 1 is 1.11 bits per heavy atom. The van der Waals surface area contributed by atoms with E-state index in [-0.39, 0.29) is 15.7 Å². The number of imide groups is 1. The molecule has 1 aliphatic heterocycles. The van der Waals surface area contributed by atoms with Gasteiger partial charge in [-0.2, -0.15) is 0 Å². The van der Waals surface area contributed by atoms with Gasteiger partial charge in [0.1, 0.15) is 12.1 Å². The van der Waals surface area contributed by atoms with Crippen molar-refractivity contribution in [3.63, 3.8) is 0 Å². The van der Waals surface area contributed by atoms with Gasteiger partial charge < -0.3 is 10.6 Å². The topological polar surface area (TPSA) is 78.5 Å². The number of nitrogens with zero attached hydrogens (tertiary/aromatic N) is 1. The molecule has 6 nitrogen and oxygen atoms in total. The first-order valence-corrected chi connectivity index (χ1v) is 9.14. The maximum absolute atomic E-state index is 13.0. The summed E-state index contributed by atoms with van der Waals surface area (Å²) in [6, 6.07) is 11.8. The second kappa shape index (κ2) is 6.55. The second-order valence-electron chi connectivity index (χ2n) is 6.53. The van der Waals surface area contributed by atoms with Crippen LogP contribution in [0.15, 0.2) is 42.5 Å². The highest BCUT2D eigenvalue weighted by Gasteiger charge is 2.55. The van der Waals surface area contributed by atoms with Crippen LogP contribution in [0.25, 0.3) is 0 Å². The van der Waals surface area contributed by atoms with Gasteiger partial charge in [-0.15, -0.1) is 0 Å². The number of rotatable bonds is 3. The van der Waals surface area contributed by atoms with E-state index in [0.717, 1.165) is 16.0 Å². The molecule has 1 spiro atoms. The van der Waals surface area contributed by atoms with Crippen molar-refractivity contribution in [2.75, 3.05) is 11.9 Å². The highest BCUT2D eigenvalue weighted by Crippen LogP contribution is 2.41. The van der Waals surface area contributed by atoms with Gasteiger partial charge in [0.25, 0.3) is 5.91 Å². The summed E-state index contributed by atoms with van der Waals surface area (Å²) < 4.78 is 0. The predicted molar refractivity (Wildman–Crippen MR) is 102 cm³/mol. The molecule has 2 N–H and O–H groups in total. The van der Waals surface area contributed by atoms with Gasteiger partial charge in [0.15, 0.2) is 0 Å². The molecule has 4 rings (SSSR count). The normalized spacial score (nSPS) is 20.7. The first-order valence-electron chi connectivity index (χ1n) is 8.39. The molecular formula is C19H15Cl2N3O3. The fourth-order valence-corrected chi connectivity index (χ4v) is 4.16. The number of halogens is 2. The fourth-order valence-electron chi connectivity index (χ4n) is 3.67. The van der Waals surface area contributed by atoms with Gasteiger partial charge in [-0.05, 0) is 36.1 Å². The average molecular weight is 404 g/mol. The zero-order chi connectivity index (χ0) is 19.2. The van der Waals surface area contributed by atoms with Gasteiger partial charge in [0.05, 0.1) is 15.7 Å². The summed E-state index contributed by atoms with van der Waals surface area (Å²) in [6.07, 6.45) is 1.17. The number of para-hydroxylation sites is 1. The van der Waals surface area contributed by atoms with Gasteiger partial charge in [0.2, 0.25) is 5.91 Å². The van der Waals surface area contributed by atoms with Crippen LogP contribution >= 0.6 is 23.2 Å². The molecular weight excluding hydrogens is 389 g/mol. The third kappa shape index (κ3) is 2.85. The number of carbonyl (C=O) groups is 3. The zero-order valence-corrected chi connectivity index (χ0v) is 15.6. The molecule has 27 heavy (non-hydrogen) atoms. The largest absolute Gasteiger partial charge is 0.325 e. The summed E-state index contributed by atoms with van der Waals surface area (Å²) in [5.74, 6) is -0.977. The Kier molecular flexibility index (Phi) is 4.32. The molecule has 0 aromatic heterocycles. The van der Waals surface area contributed by atoms with Gasteiger partial charge in [-0.1, -0.05) is 53.5 Å². The van der Waals surface area contributed by atoms with Crippen LogP contribution in [0.3, 0.4) is 0 Å². The standard InChI is InChI=1S/C19H15Cl2N3O3/c20-13-6-3-7-14(21)16(13)22-15(25)10-24-17(26)19(23-18(24)27)9-8-11-4-1-2-5-12(11)19/h1-7H,8-10H2,(H,22,25)(H,23,27)/t19-/m1/s1. The van der Waals surface area contributed by atoms with Crippen LogP contribution in [-0.4, -0.2) is 29.3 Å². The number of benzene rings is 2. The summed E-state index contributed by atoms with van der Waals surface area (Å²) in [6.45, 7) is -0.421. The number of carbonyl (C=O) groups excluding carboxylic acids is 3. The molecule has 8 heteroatoms. The number of amides is 4. The van der Waals surface area contributed by atoms with Crippen LogP contribution < -0.4 is 10.6 Å². The molecule has 4 amide bonds. The van der Waals surface area contributed by atoms with Gasteiger partial charge in [0, 0.05) is 0 Å². The van der Waals surface area contributed by atoms with Crippen molar-refractivity contribution in [2.24, 2.45) is 0 Å². The maximum atomic E-state index is 13.0. The van der Waals surface area contributed by atoms with Crippen LogP contribution in [0.4, 0.5) is 10.5 Å². The van der Waals surface area contributed by atoms with E-state index in [0.29, 0.717) is 12.8 Å². The summed E-state index contributed by atoms with van der Waals surface area (Å²) in [5.41, 5.74) is 0.982. The number of aryl methyl sites for hydroxylation is 1. The van der Waals surface area contributed by atoms with E-state index in [9.17, 15) is 14.4 Å². The monoisotopic (exact) mass is 403 g/mol. The molecule has 1 atom stereocenters. The highest BCUT2D eigenvalue weighted by molar-refractivity contribution is 6.39. The van der Waals surface area contributed by atoms with Crippen LogP contribution in [0.5, 0.6) is 0 Å². The number of urea groups is 1. The van der Waals surface area contributed by atoms with Crippen molar-refractivity contribution in [2.45, 2.75) is 18.4 Å². The lowest BCUT2D eigenvalue weighted by molar-refractivity contribution is -0.134. The molecule has 0 radical (unpaired) electrons. The Labute approximate surface area is 165 Å². The van der Waals surface area contributed by atoms with Crippen molar-refractivity contribution in [1.29, 1.82) is 0 Å². The van der Waals surface area contributed by atoms with Crippen molar-refractivity contribution < 1.29 is 14.4 Å². The minimum Gasteiger partial charge on any atom is -0.322 e. The van der Waals surface area contributed by atoms with Crippen molar-refractivity contribution >= 4 is 46.7 Å². The number of hydrogen-bond donors (Lipinski definition) is 2. The third-order valence-electron chi connectivity index (χ3n) is 4.95. The zero-order valence-electron chi connectivity index (χ0n) is 14.1. The Morgan fingerprint density at radius 3 is 2.56 bits per heavy atom. The summed E-state index contributed by atoms with van der Waals surface area (Å²) in [7, 11) is 0. The molecule has 1 aliphatic carbocycles. The van der Waals surface area contributed by atoms with Gasteiger partial charge in [-0.3, -0.25) is 14.5 Å². The number of anilines is 1. The van der Waals surface area contributed by atoms with Crippen molar-refractivity contribution in [1.82, 2.24) is 10.2 Å². The molecule has 1 heterocycles. The van der Waals surface area contributed by atoms with E-state index in [4.69, 9.17) is 23.2 Å². The summed E-state index contributed by atoms with van der Waals surface area (Å²) in [5, 5.41) is 5.90. The molecule has 1 saturated heterocycles. The lowest BCUT2D eigenvalue weighted by atomic mass is 9.92. The van der Waals surface area contributed by atoms with E-state index < -0.39 is 29.9 Å². The van der Waals surface area contributed by atoms with Crippen LogP contribution in [-0.2, 0) is 21.5 Å². The van der Waals surface area contributed by atoms with Crippen molar-refractivity contribution in [3.05, 3.63) is 63.6 Å². The first kappa shape index (κ1) is 17.8. The van der Waals surface area contributed by atoms with Crippen LogP contribution in [0.1, 0.15) is 17.5 Å². The minimum atomic E-state index is -1.09. The summed E-state index contributed by atoms with van der Waals surface area (Å²) >= 11 is 12.1. The lowest BCUT2D eigenvalue weighted by Crippen LogP contribution is -2.43. The Hall–Kier alpha value is -2.57. The number of nitrogens with one attached hydrogen (secondary N) is 2.